The van der Waals surface area contributed by atoms with Crippen molar-refractivity contribution in [2.75, 3.05) is 12.9 Å². The summed E-state index contributed by atoms with van der Waals surface area (Å²) in [6.07, 6.45) is 2.96. The number of hydrogen-bond acceptors (Lipinski definition) is 4. The van der Waals surface area contributed by atoms with Gasteiger partial charge in [-0.3, -0.25) is 4.79 Å². The van der Waals surface area contributed by atoms with E-state index in [4.69, 9.17) is 4.74 Å². The van der Waals surface area contributed by atoms with Crippen LogP contribution in [0.1, 0.15) is 30.1 Å². The van der Waals surface area contributed by atoms with Gasteiger partial charge >= 0.3 is 0 Å². The van der Waals surface area contributed by atoms with E-state index in [-0.39, 0.29) is 5.56 Å². The summed E-state index contributed by atoms with van der Waals surface area (Å²) in [5.74, 6) is 0.0250. The maximum Gasteiger partial charge on any atom is 0.264 e. The van der Waals surface area contributed by atoms with E-state index in [0.717, 1.165) is 19.1 Å². The monoisotopic (exact) mass is 271 g/mol. The van der Waals surface area contributed by atoms with Crippen molar-refractivity contribution in [2.24, 2.45) is 0 Å². The molecule has 0 aliphatic rings. The zero-order valence-electron chi connectivity index (χ0n) is 10.5. The van der Waals surface area contributed by atoms with Gasteiger partial charge in [-0.05, 0) is 30.7 Å². The lowest BCUT2D eigenvalue weighted by Crippen LogP contribution is -2.29. The number of amides is 1. The molecular weight excluding hydrogens is 254 g/mol. The molecule has 1 aromatic rings. The molecule has 0 heterocycles. The Morgan fingerprint density at radius 1 is 1.28 bits per heavy atom. The van der Waals surface area contributed by atoms with Crippen molar-refractivity contribution < 1.29 is 17.9 Å². The molecule has 1 amide bonds. The summed E-state index contributed by atoms with van der Waals surface area (Å²) in [4.78, 5) is 11.5. The normalized spacial score (nSPS) is 11.0. The first-order valence-electron chi connectivity index (χ1n) is 5.67. The molecular formula is C12H17NO4S. The van der Waals surface area contributed by atoms with Crippen LogP contribution in [-0.2, 0) is 10.0 Å². The number of hydrogen-bond donors (Lipinski definition) is 1. The summed E-state index contributed by atoms with van der Waals surface area (Å²) in [6.45, 7) is 2.70. The number of rotatable bonds is 6. The van der Waals surface area contributed by atoms with Crippen molar-refractivity contribution in [3.8, 4) is 5.75 Å². The van der Waals surface area contributed by atoms with Crippen molar-refractivity contribution in [1.29, 1.82) is 0 Å². The molecule has 18 heavy (non-hydrogen) atoms. The van der Waals surface area contributed by atoms with E-state index in [1.54, 1.807) is 12.1 Å². The summed E-state index contributed by atoms with van der Waals surface area (Å²) in [5.41, 5.74) is 0.281. The molecule has 5 nitrogen and oxygen atoms in total. The van der Waals surface area contributed by atoms with Crippen LogP contribution in [0.5, 0.6) is 5.75 Å². The summed E-state index contributed by atoms with van der Waals surface area (Å²) in [7, 11) is -3.53. The van der Waals surface area contributed by atoms with Gasteiger partial charge in [-0.25, -0.2) is 13.1 Å². The number of carbonyl (C=O) groups is 1. The molecule has 0 saturated carbocycles. The average Bonchev–Trinajstić information content (AvgIpc) is 2.28. The lowest BCUT2D eigenvalue weighted by atomic mass is 10.2. The molecule has 0 unspecified atom stereocenters. The lowest BCUT2D eigenvalue weighted by molar-refractivity contribution is 0.0981. The van der Waals surface area contributed by atoms with Crippen LogP contribution in [0.25, 0.3) is 0 Å². The van der Waals surface area contributed by atoms with E-state index in [1.165, 1.54) is 12.1 Å². The van der Waals surface area contributed by atoms with Crippen LogP contribution in [0.4, 0.5) is 0 Å². The second-order valence-electron chi connectivity index (χ2n) is 3.93. The molecule has 0 aliphatic carbocycles. The number of carbonyl (C=O) groups excluding carboxylic acids is 1. The molecule has 0 fully saturated rings. The predicted octanol–water partition coefficient (Wildman–Crippen LogP) is 1.55. The zero-order valence-corrected chi connectivity index (χ0v) is 11.3. The number of unbranched alkanes of at least 4 members (excludes halogenated alkanes) is 1. The molecule has 1 aromatic carbocycles. The summed E-state index contributed by atoms with van der Waals surface area (Å²) in [5, 5.41) is 0. The van der Waals surface area contributed by atoms with Gasteiger partial charge in [-0.2, -0.15) is 0 Å². The van der Waals surface area contributed by atoms with Crippen LogP contribution >= 0.6 is 0 Å². The summed E-state index contributed by atoms with van der Waals surface area (Å²) in [6, 6.07) is 6.35. The Morgan fingerprint density at radius 3 is 2.39 bits per heavy atom. The van der Waals surface area contributed by atoms with Crippen molar-refractivity contribution in [3.63, 3.8) is 0 Å². The number of nitrogens with one attached hydrogen (secondary N) is 1. The highest BCUT2D eigenvalue weighted by atomic mass is 32.2. The maximum atomic E-state index is 11.5. The second-order valence-corrected chi connectivity index (χ2v) is 5.68. The van der Waals surface area contributed by atoms with E-state index >= 15 is 0 Å². The fourth-order valence-corrected chi connectivity index (χ4v) is 1.72. The molecule has 0 atom stereocenters. The maximum absolute atomic E-state index is 11.5. The van der Waals surface area contributed by atoms with Gasteiger partial charge in [0, 0.05) is 5.56 Å². The molecule has 0 aromatic heterocycles. The third-order valence-corrected chi connectivity index (χ3v) is 2.72. The smallest absolute Gasteiger partial charge is 0.264 e. The van der Waals surface area contributed by atoms with Crippen LogP contribution in [0, 0.1) is 0 Å². The Morgan fingerprint density at radius 2 is 1.89 bits per heavy atom. The molecule has 0 aliphatic heterocycles. The molecule has 0 bridgehead atoms. The number of ether oxygens (including phenoxy) is 1. The first-order chi connectivity index (χ1) is 8.42. The van der Waals surface area contributed by atoms with Gasteiger partial charge in [0.05, 0.1) is 12.9 Å². The molecule has 100 valence electrons. The van der Waals surface area contributed by atoms with Gasteiger partial charge in [0.2, 0.25) is 10.0 Å². The van der Waals surface area contributed by atoms with Gasteiger partial charge in [0.1, 0.15) is 5.75 Å². The highest BCUT2D eigenvalue weighted by Crippen LogP contribution is 2.12. The highest BCUT2D eigenvalue weighted by Gasteiger charge is 2.10. The highest BCUT2D eigenvalue weighted by molar-refractivity contribution is 7.89. The van der Waals surface area contributed by atoms with Crippen molar-refractivity contribution >= 4 is 15.9 Å². The molecule has 1 N–H and O–H groups in total. The Balaban J connectivity index is 2.62. The van der Waals surface area contributed by atoms with E-state index in [9.17, 15) is 13.2 Å². The molecule has 1 rings (SSSR count). The van der Waals surface area contributed by atoms with Crippen LogP contribution in [-0.4, -0.2) is 27.2 Å². The molecule has 0 saturated heterocycles. The van der Waals surface area contributed by atoms with Crippen molar-refractivity contribution in [1.82, 2.24) is 4.72 Å². The van der Waals surface area contributed by atoms with Gasteiger partial charge in [-0.15, -0.1) is 0 Å². The standard InChI is InChI=1S/C12H17NO4S/c1-3-4-9-17-11-7-5-10(6-8-11)12(14)13-18(2,15)16/h5-8H,3-4,9H2,1-2H3,(H,13,14). The number of benzene rings is 1. The minimum Gasteiger partial charge on any atom is -0.494 e. The first-order valence-corrected chi connectivity index (χ1v) is 7.56. The van der Waals surface area contributed by atoms with Gasteiger partial charge in [0.15, 0.2) is 0 Å². The summed E-state index contributed by atoms with van der Waals surface area (Å²) >= 11 is 0. The SMILES string of the molecule is CCCCOc1ccc(C(=O)NS(C)(=O)=O)cc1. The van der Waals surface area contributed by atoms with Gasteiger partial charge < -0.3 is 4.74 Å². The minimum atomic E-state index is -3.53. The number of sulfonamides is 1. The molecule has 0 radical (unpaired) electrons. The van der Waals surface area contributed by atoms with Gasteiger partial charge in [0.25, 0.3) is 5.91 Å². The third kappa shape index (κ3) is 5.18. The fourth-order valence-electron chi connectivity index (χ4n) is 1.26. The Hall–Kier alpha value is -1.56. The topological polar surface area (TPSA) is 72.5 Å². The average molecular weight is 271 g/mol. The largest absolute Gasteiger partial charge is 0.494 e. The Labute approximate surface area is 107 Å². The minimum absolute atomic E-state index is 0.281. The van der Waals surface area contributed by atoms with E-state index in [2.05, 4.69) is 6.92 Å². The van der Waals surface area contributed by atoms with Crippen LogP contribution in [0.3, 0.4) is 0 Å². The Kier molecular flexibility index (Phi) is 5.15. The first kappa shape index (κ1) is 14.5. The summed E-state index contributed by atoms with van der Waals surface area (Å²) < 4.78 is 29.1. The zero-order chi connectivity index (χ0) is 13.6. The van der Waals surface area contributed by atoms with Crippen LogP contribution in [0.2, 0.25) is 0 Å². The lowest BCUT2D eigenvalue weighted by Gasteiger charge is -2.06. The Bertz CT molecular complexity index is 493. The van der Waals surface area contributed by atoms with E-state index in [0.29, 0.717) is 12.4 Å². The van der Waals surface area contributed by atoms with E-state index in [1.807, 2.05) is 4.72 Å². The van der Waals surface area contributed by atoms with Crippen LogP contribution in [0.15, 0.2) is 24.3 Å². The van der Waals surface area contributed by atoms with Crippen LogP contribution < -0.4 is 9.46 Å². The fraction of sp³-hybridized carbons (Fsp3) is 0.417. The molecule has 0 spiro atoms. The van der Waals surface area contributed by atoms with E-state index < -0.39 is 15.9 Å². The quantitative estimate of drug-likeness (QED) is 0.797. The van der Waals surface area contributed by atoms with Gasteiger partial charge in [-0.1, -0.05) is 13.3 Å². The third-order valence-electron chi connectivity index (χ3n) is 2.16. The second kappa shape index (κ2) is 6.39. The predicted molar refractivity (Wildman–Crippen MR) is 69.2 cm³/mol. The molecule has 6 heteroatoms. The van der Waals surface area contributed by atoms with Crippen molar-refractivity contribution in [2.45, 2.75) is 19.8 Å². The van der Waals surface area contributed by atoms with Crippen molar-refractivity contribution in [3.05, 3.63) is 29.8 Å².